The highest BCUT2D eigenvalue weighted by molar-refractivity contribution is 7.92. The third-order valence-corrected chi connectivity index (χ3v) is 5.01. The van der Waals surface area contributed by atoms with Crippen molar-refractivity contribution in [1.82, 2.24) is 0 Å². The number of nitrogens with one attached hydrogen (secondary N) is 1. The zero-order valence-corrected chi connectivity index (χ0v) is 12.9. The number of anilines is 2. The Morgan fingerprint density at radius 2 is 1.80 bits per heavy atom. The molecule has 2 aromatic carbocycles. The van der Waals surface area contributed by atoms with Crippen molar-refractivity contribution >= 4 is 44.6 Å². The second kappa shape index (κ2) is 5.52. The highest BCUT2D eigenvalue weighted by atomic mass is 35.5. The van der Waals surface area contributed by atoms with Gasteiger partial charge < -0.3 is 5.73 Å². The Morgan fingerprint density at radius 1 is 1.10 bits per heavy atom. The fourth-order valence-corrected chi connectivity index (χ4v) is 3.48. The average molecular weight is 331 g/mol. The molecule has 20 heavy (non-hydrogen) atoms. The SMILES string of the molecule is Cc1c(Cl)cccc1NS(=O)(=O)c1cc(N)ccc1Cl. The van der Waals surface area contributed by atoms with Gasteiger partial charge in [-0.3, -0.25) is 4.72 Å². The first-order valence-corrected chi connectivity index (χ1v) is 7.88. The molecule has 0 heterocycles. The Morgan fingerprint density at radius 3 is 2.50 bits per heavy atom. The van der Waals surface area contributed by atoms with Crippen LogP contribution in [0.4, 0.5) is 11.4 Å². The molecule has 0 radical (unpaired) electrons. The number of nitrogens with two attached hydrogens (primary N) is 1. The minimum atomic E-state index is -3.83. The minimum Gasteiger partial charge on any atom is -0.399 e. The van der Waals surface area contributed by atoms with E-state index < -0.39 is 10.0 Å². The molecule has 0 fully saturated rings. The summed E-state index contributed by atoms with van der Waals surface area (Å²) in [5, 5.41) is 0.579. The van der Waals surface area contributed by atoms with Gasteiger partial charge in [-0.15, -0.1) is 0 Å². The van der Waals surface area contributed by atoms with Gasteiger partial charge >= 0.3 is 0 Å². The second-order valence-electron chi connectivity index (χ2n) is 4.21. The number of halogens is 2. The van der Waals surface area contributed by atoms with Crippen LogP contribution < -0.4 is 10.5 Å². The number of nitrogen functional groups attached to an aromatic ring is 1. The molecular formula is C13H12Cl2N2O2S. The number of benzene rings is 2. The fourth-order valence-electron chi connectivity index (χ4n) is 1.64. The predicted molar refractivity (Wildman–Crippen MR) is 82.9 cm³/mol. The van der Waals surface area contributed by atoms with Crippen LogP contribution >= 0.6 is 23.2 Å². The first-order chi connectivity index (χ1) is 9.31. The summed E-state index contributed by atoms with van der Waals surface area (Å²) >= 11 is 11.9. The van der Waals surface area contributed by atoms with Crippen molar-refractivity contribution in [3.8, 4) is 0 Å². The van der Waals surface area contributed by atoms with Gasteiger partial charge in [0.15, 0.2) is 0 Å². The van der Waals surface area contributed by atoms with Crippen molar-refractivity contribution in [3.05, 3.63) is 52.0 Å². The van der Waals surface area contributed by atoms with Gasteiger partial charge in [0, 0.05) is 10.7 Å². The number of hydrogen-bond donors (Lipinski definition) is 2. The monoisotopic (exact) mass is 330 g/mol. The maximum absolute atomic E-state index is 12.3. The van der Waals surface area contributed by atoms with Gasteiger partial charge in [-0.05, 0) is 42.8 Å². The summed E-state index contributed by atoms with van der Waals surface area (Å²) in [6.07, 6.45) is 0. The van der Waals surface area contributed by atoms with Crippen LogP contribution in [-0.4, -0.2) is 8.42 Å². The van der Waals surface area contributed by atoms with Crippen LogP contribution in [0.3, 0.4) is 0 Å². The normalized spacial score (nSPS) is 11.3. The number of hydrogen-bond acceptors (Lipinski definition) is 3. The molecule has 0 aliphatic rings. The van der Waals surface area contributed by atoms with E-state index in [0.29, 0.717) is 22.0 Å². The molecule has 0 aliphatic carbocycles. The van der Waals surface area contributed by atoms with Crippen molar-refractivity contribution in [2.45, 2.75) is 11.8 Å². The van der Waals surface area contributed by atoms with Gasteiger partial charge in [0.05, 0.1) is 10.7 Å². The van der Waals surface area contributed by atoms with Crippen LogP contribution in [-0.2, 0) is 10.0 Å². The lowest BCUT2D eigenvalue weighted by atomic mass is 10.2. The third-order valence-electron chi connectivity index (χ3n) is 2.76. The van der Waals surface area contributed by atoms with Gasteiger partial charge in [-0.1, -0.05) is 29.3 Å². The molecule has 0 saturated heterocycles. The molecule has 2 aromatic rings. The van der Waals surface area contributed by atoms with E-state index in [1.807, 2.05) is 0 Å². The van der Waals surface area contributed by atoms with Crippen LogP contribution in [0.15, 0.2) is 41.3 Å². The molecule has 0 atom stereocenters. The second-order valence-corrected chi connectivity index (χ2v) is 6.67. The van der Waals surface area contributed by atoms with Crippen molar-refractivity contribution < 1.29 is 8.42 Å². The molecular weight excluding hydrogens is 319 g/mol. The van der Waals surface area contributed by atoms with Crippen LogP contribution in [0.1, 0.15) is 5.56 Å². The van der Waals surface area contributed by atoms with E-state index in [9.17, 15) is 8.42 Å². The van der Waals surface area contributed by atoms with Crippen molar-refractivity contribution in [1.29, 1.82) is 0 Å². The van der Waals surface area contributed by atoms with E-state index in [1.165, 1.54) is 18.2 Å². The molecule has 106 valence electrons. The molecule has 0 spiro atoms. The molecule has 0 unspecified atom stereocenters. The molecule has 0 aliphatic heterocycles. The minimum absolute atomic E-state index is 0.0708. The largest absolute Gasteiger partial charge is 0.399 e. The van der Waals surface area contributed by atoms with E-state index in [4.69, 9.17) is 28.9 Å². The lowest BCUT2D eigenvalue weighted by Gasteiger charge is -2.12. The maximum atomic E-state index is 12.3. The molecule has 0 aromatic heterocycles. The van der Waals surface area contributed by atoms with Crippen LogP contribution in [0, 0.1) is 6.92 Å². The van der Waals surface area contributed by atoms with E-state index in [2.05, 4.69) is 4.72 Å². The maximum Gasteiger partial charge on any atom is 0.263 e. The summed E-state index contributed by atoms with van der Waals surface area (Å²) in [7, 11) is -3.83. The quantitative estimate of drug-likeness (QED) is 0.843. The van der Waals surface area contributed by atoms with Gasteiger partial charge in [-0.25, -0.2) is 8.42 Å². The molecule has 7 heteroatoms. The summed E-state index contributed by atoms with van der Waals surface area (Å²) in [6, 6.07) is 9.25. The molecule has 2 rings (SSSR count). The summed E-state index contributed by atoms with van der Waals surface area (Å²) < 4.78 is 27.1. The molecule has 0 amide bonds. The van der Waals surface area contributed by atoms with E-state index in [0.717, 1.165) is 0 Å². The molecule has 4 nitrogen and oxygen atoms in total. The van der Waals surface area contributed by atoms with Gasteiger partial charge in [0.25, 0.3) is 10.0 Å². The lowest BCUT2D eigenvalue weighted by molar-refractivity contribution is 0.601. The van der Waals surface area contributed by atoms with Crippen LogP contribution in [0.2, 0.25) is 10.0 Å². The Balaban J connectivity index is 2.46. The van der Waals surface area contributed by atoms with Gasteiger partial charge in [0.1, 0.15) is 4.90 Å². The molecule has 3 N–H and O–H groups in total. The highest BCUT2D eigenvalue weighted by Crippen LogP contribution is 2.29. The van der Waals surface area contributed by atoms with Gasteiger partial charge in [-0.2, -0.15) is 0 Å². The number of rotatable bonds is 3. The summed E-state index contributed by atoms with van der Waals surface area (Å²) in [6.45, 7) is 1.72. The van der Waals surface area contributed by atoms with Gasteiger partial charge in [0.2, 0.25) is 0 Å². The lowest BCUT2D eigenvalue weighted by Crippen LogP contribution is -2.14. The zero-order valence-electron chi connectivity index (χ0n) is 10.5. The summed E-state index contributed by atoms with van der Waals surface area (Å²) in [5.41, 5.74) is 6.95. The average Bonchev–Trinajstić information content (AvgIpc) is 2.37. The first-order valence-electron chi connectivity index (χ1n) is 5.64. The molecule has 0 bridgehead atoms. The topological polar surface area (TPSA) is 72.2 Å². The van der Waals surface area contributed by atoms with E-state index in [-0.39, 0.29) is 9.92 Å². The zero-order chi connectivity index (χ0) is 14.9. The summed E-state index contributed by atoms with van der Waals surface area (Å²) in [5.74, 6) is 0. The highest BCUT2D eigenvalue weighted by Gasteiger charge is 2.19. The fraction of sp³-hybridized carbons (Fsp3) is 0.0769. The van der Waals surface area contributed by atoms with E-state index >= 15 is 0 Å². The van der Waals surface area contributed by atoms with Crippen LogP contribution in [0.25, 0.3) is 0 Å². The van der Waals surface area contributed by atoms with Crippen LogP contribution in [0.5, 0.6) is 0 Å². The van der Waals surface area contributed by atoms with Crippen molar-refractivity contribution in [2.24, 2.45) is 0 Å². The Kier molecular flexibility index (Phi) is 4.13. The van der Waals surface area contributed by atoms with E-state index in [1.54, 1.807) is 25.1 Å². The Hall–Kier alpha value is -1.43. The molecule has 0 saturated carbocycles. The van der Waals surface area contributed by atoms with Crippen molar-refractivity contribution in [2.75, 3.05) is 10.5 Å². The summed E-state index contributed by atoms with van der Waals surface area (Å²) in [4.78, 5) is -0.0708. The standard InChI is InChI=1S/C13H12Cl2N2O2S/c1-8-10(14)3-2-4-12(8)17-20(18,19)13-7-9(16)5-6-11(13)15/h2-7,17H,16H2,1H3. The predicted octanol–water partition coefficient (Wildman–Crippen LogP) is 3.68. The third kappa shape index (κ3) is 3.00. The van der Waals surface area contributed by atoms with Crippen molar-refractivity contribution in [3.63, 3.8) is 0 Å². The Bertz CT molecular complexity index is 761. The smallest absolute Gasteiger partial charge is 0.263 e. The number of sulfonamides is 1. The Labute approximate surface area is 127 Å². The first kappa shape index (κ1) is 15.0.